The highest BCUT2D eigenvalue weighted by Crippen LogP contribution is 2.02. The first-order valence-electron chi connectivity index (χ1n) is 5.69. The van der Waals surface area contributed by atoms with E-state index in [0.717, 1.165) is 0 Å². The minimum Gasteiger partial charge on any atom is -0.355 e. The lowest BCUT2D eigenvalue weighted by Gasteiger charge is -2.05. The van der Waals surface area contributed by atoms with Gasteiger partial charge < -0.3 is 10.6 Å². The van der Waals surface area contributed by atoms with Crippen LogP contribution < -0.4 is 10.6 Å². The Hall–Kier alpha value is -2.17. The predicted octanol–water partition coefficient (Wildman–Crippen LogP) is 0.512. The van der Waals surface area contributed by atoms with Crippen LogP contribution in [0.25, 0.3) is 0 Å². The Bertz CT molecular complexity index is 429. The summed E-state index contributed by atoms with van der Waals surface area (Å²) in [7, 11) is 0. The molecule has 0 aromatic heterocycles. The number of ketones is 1. The zero-order valence-electron chi connectivity index (χ0n) is 10.2. The Balaban J connectivity index is 2.28. The summed E-state index contributed by atoms with van der Waals surface area (Å²) < 4.78 is 0. The maximum Gasteiger partial charge on any atom is 0.227 e. The first-order valence-corrected chi connectivity index (χ1v) is 5.69. The van der Waals surface area contributed by atoms with Crippen molar-refractivity contribution in [2.24, 2.45) is 0 Å². The molecule has 0 fully saturated rings. The number of Topliss-reactive ketones (excluding diaryl/α,β-unsaturated/α-hetero) is 1. The van der Waals surface area contributed by atoms with Gasteiger partial charge in [-0.1, -0.05) is 30.3 Å². The first-order chi connectivity index (χ1) is 8.59. The topological polar surface area (TPSA) is 75.3 Å². The number of hydrogen-bond acceptors (Lipinski definition) is 3. The summed E-state index contributed by atoms with van der Waals surface area (Å²) in [6.07, 6.45) is -0.177. The van der Waals surface area contributed by atoms with E-state index in [2.05, 4.69) is 10.6 Å². The number of amides is 2. The van der Waals surface area contributed by atoms with Crippen LogP contribution in [0, 0.1) is 0 Å². The molecule has 1 aromatic carbocycles. The molecule has 96 valence electrons. The largest absolute Gasteiger partial charge is 0.355 e. The lowest BCUT2D eigenvalue weighted by atomic mass is 10.1. The Kier molecular flexibility index (Phi) is 5.57. The lowest BCUT2D eigenvalue weighted by Crippen LogP contribution is -2.34. The van der Waals surface area contributed by atoms with E-state index in [1.165, 1.54) is 6.92 Å². The molecule has 0 bridgehead atoms. The van der Waals surface area contributed by atoms with Gasteiger partial charge in [0.15, 0.2) is 5.78 Å². The minimum atomic E-state index is -0.339. The van der Waals surface area contributed by atoms with Gasteiger partial charge in [0.2, 0.25) is 11.8 Å². The quantitative estimate of drug-likeness (QED) is 0.437. The SMILES string of the molecule is CC(=O)NCCNC(=O)CC(=O)c1ccccc1. The van der Waals surface area contributed by atoms with Gasteiger partial charge in [-0.15, -0.1) is 0 Å². The molecule has 0 saturated carbocycles. The van der Waals surface area contributed by atoms with Crippen LogP contribution in [0.5, 0.6) is 0 Å². The van der Waals surface area contributed by atoms with Crippen molar-refractivity contribution < 1.29 is 14.4 Å². The van der Waals surface area contributed by atoms with Gasteiger partial charge in [0, 0.05) is 25.6 Å². The van der Waals surface area contributed by atoms with Crippen LogP contribution >= 0.6 is 0 Å². The van der Waals surface area contributed by atoms with Crippen LogP contribution in [0.3, 0.4) is 0 Å². The Labute approximate surface area is 106 Å². The first kappa shape index (κ1) is 13.9. The number of benzene rings is 1. The van der Waals surface area contributed by atoms with Gasteiger partial charge in [0.05, 0.1) is 6.42 Å². The summed E-state index contributed by atoms with van der Waals surface area (Å²) >= 11 is 0. The highest BCUT2D eigenvalue weighted by molar-refractivity contribution is 6.07. The van der Waals surface area contributed by atoms with E-state index >= 15 is 0 Å². The van der Waals surface area contributed by atoms with Crippen molar-refractivity contribution in [3.05, 3.63) is 35.9 Å². The Morgan fingerprint density at radius 2 is 1.61 bits per heavy atom. The monoisotopic (exact) mass is 248 g/mol. The molecule has 1 rings (SSSR count). The number of carbonyl (C=O) groups is 3. The highest BCUT2D eigenvalue weighted by Gasteiger charge is 2.10. The van der Waals surface area contributed by atoms with Crippen LogP contribution in [-0.4, -0.2) is 30.7 Å². The number of nitrogens with one attached hydrogen (secondary N) is 2. The molecule has 2 N–H and O–H groups in total. The van der Waals surface area contributed by atoms with E-state index < -0.39 is 0 Å². The van der Waals surface area contributed by atoms with Gasteiger partial charge in [-0.2, -0.15) is 0 Å². The fraction of sp³-hybridized carbons (Fsp3) is 0.308. The molecular formula is C13H16N2O3. The summed E-state index contributed by atoms with van der Waals surface area (Å²) in [5, 5.41) is 5.11. The summed E-state index contributed by atoms with van der Waals surface area (Å²) in [6.45, 7) is 2.09. The Morgan fingerprint density at radius 1 is 1.00 bits per heavy atom. The van der Waals surface area contributed by atoms with Crippen molar-refractivity contribution in [1.82, 2.24) is 10.6 Å². The molecule has 0 atom stereocenters. The summed E-state index contributed by atoms with van der Waals surface area (Å²) in [6, 6.07) is 8.66. The third-order valence-corrected chi connectivity index (χ3v) is 2.24. The van der Waals surface area contributed by atoms with Crippen molar-refractivity contribution in [1.29, 1.82) is 0 Å². The van der Waals surface area contributed by atoms with E-state index in [0.29, 0.717) is 18.7 Å². The predicted molar refractivity (Wildman–Crippen MR) is 67.1 cm³/mol. The zero-order valence-corrected chi connectivity index (χ0v) is 10.2. The standard InChI is InChI=1S/C13H16N2O3/c1-10(16)14-7-8-15-13(18)9-12(17)11-5-3-2-4-6-11/h2-6H,7-9H2,1H3,(H,14,16)(H,15,18). The van der Waals surface area contributed by atoms with Crippen LogP contribution in [0.4, 0.5) is 0 Å². The van der Waals surface area contributed by atoms with Crippen LogP contribution in [0.2, 0.25) is 0 Å². The van der Waals surface area contributed by atoms with Crippen molar-refractivity contribution in [2.45, 2.75) is 13.3 Å². The van der Waals surface area contributed by atoms with Crippen molar-refractivity contribution in [3.8, 4) is 0 Å². The highest BCUT2D eigenvalue weighted by atomic mass is 16.2. The second-order valence-corrected chi connectivity index (χ2v) is 3.80. The van der Waals surface area contributed by atoms with Crippen LogP contribution in [0.1, 0.15) is 23.7 Å². The van der Waals surface area contributed by atoms with Gasteiger partial charge in [0.1, 0.15) is 0 Å². The van der Waals surface area contributed by atoms with Gasteiger partial charge in [0.25, 0.3) is 0 Å². The molecule has 0 aliphatic carbocycles. The van der Waals surface area contributed by atoms with Gasteiger partial charge in [-0.3, -0.25) is 14.4 Å². The molecular weight excluding hydrogens is 232 g/mol. The van der Waals surface area contributed by atoms with Crippen molar-refractivity contribution >= 4 is 17.6 Å². The second kappa shape index (κ2) is 7.21. The molecule has 0 saturated heterocycles. The fourth-order valence-corrected chi connectivity index (χ4v) is 1.37. The van der Waals surface area contributed by atoms with Crippen LogP contribution in [0.15, 0.2) is 30.3 Å². The van der Waals surface area contributed by atoms with Crippen LogP contribution in [-0.2, 0) is 9.59 Å². The fourth-order valence-electron chi connectivity index (χ4n) is 1.37. The molecule has 2 amide bonds. The molecule has 0 spiro atoms. The van der Waals surface area contributed by atoms with Gasteiger partial charge in [-0.25, -0.2) is 0 Å². The second-order valence-electron chi connectivity index (χ2n) is 3.80. The third kappa shape index (κ3) is 5.25. The maximum atomic E-state index is 11.7. The van der Waals surface area contributed by atoms with Gasteiger partial charge >= 0.3 is 0 Å². The molecule has 0 aliphatic rings. The molecule has 5 heteroatoms. The van der Waals surface area contributed by atoms with E-state index in [9.17, 15) is 14.4 Å². The molecule has 0 heterocycles. The van der Waals surface area contributed by atoms with E-state index in [1.54, 1.807) is 24.3 Å². The average Bonchev–Trinajstić information content (AvgIpc) is 2.35. The number of rotatable bonds is 6. The molecule has 1 aromatic rings. The van der Waals surface area contributed by atoms with E-state index in [1.807, 2.05) is 6.07 Å². The summed E-state index contributed by atoms with van der Waals surface area (Å²) in [4.78, 5) is 33.7. The molecule has 5 nitrogen and oxygen atoms in total. The van der Waals surface area contributed by atoms with Gasteiger partial charge in [-0.05, 0) is 0 Å². The van der Waals surface area contributed by atoms with Crippen molar-refractivity contribution in [3.63, 3.8) is 0 Å². The average molecular weight is 248 g/mol. The summed E-state index contributed by atoms with van der Waals surface area (Å²) in [5.41, 5.74) is 0.523. The Morgan fingerprint density at radius 3 is 2.22 bits per heavy atom. The molecule has 0 unspecified atom stereocenters. The number of hydrogen-bond donors (Lipinski definition) is 2. The number of carbonyl (C=O) groups excluding carboxylic acids is 3. The zero-order chi connectivity index (χ0) is 13.4. The summed E-state index contributed by atoms with van der Waals surface area (Å²) in [5.74, 6) is -0.702. The van der Waals surface area contributed by atoms with E-state index in [4.69, 9.17) is 0 Å². The normalized spacial score (nSPS) is 9.61. The lowest BCUT2D eigenvalue weighted by molar-refractivity contribution is -0.121. The minimum absolute atomic E-state index is 0.149. The maximum absolute atomic E-state index is 11.7. The smallest absolute Gasteiger partial charge is 0.227 e. The van der Waals surface area contributed by atoms with E-state index in [-0.39, 0.29) is 24.0 Å². The molecule has 18 heavy (non-hydrogen) atoms. The molecule has 0 aliphatic heterocycles. The molecule has 0 radical (unpaired) electrons. The third-order valence-electron chi connectivity index (χ3n) is 2.24. The van der Waals surface area contributed by atoms with Crippen molar-refractivity contribution in [2.75, 3.05) is 13.1 Å².